The number of fused-ring (bicyclic) bond motifs is 2. The topological polar surface area (TPSA) is 93.5 Å². The molecular weight excluding hydrogens is 485 g/mol. The van der Waals surface area contributed by atoms with E-state index in [0.717, 1.165) is 28.9 Å². The van der Waals surface area contributed by atoms with E-state index in [-0.39, 0.29) is 6.61 Å². The molecule has 0 aromatic carbocycles. The van der Waals surface area contributed by atoms with E-state index >= 15 is 0 Å². The van der Waals surface area contributed by atoms with Crippen molar-refractivity contribution in [2.75, 3.05) is 26.3 Å². The Hall–Kier alpha value is -3.68. The monoisotopic (exact) mass is 507 g/mol. The lowest BCUT2D eigenvalue weighted by atomic mass is 9.91. The summed E-state index contributed by atoms with van der Waals surface area (Å²) in [6.07, 6.45) is 8.35. The van der Waals surface area contributed by atoms with Gasteiger partial charge >= 0.3 is 0 Å². The molecular formula is C25H23ClFN7O2. The second-order valence-corrected chi connectivity index (χ2v) is 9.51. The van der Waals surface area contributed by atoms with Gasteiger partial charge in [0.1, 0.15) is 29.3 Å². The predicted octanol–water partition coefficient (Wildman–Crippen LogP) is 3.73. The minimum absolute atomic E-state index is 0.189. The predicted molar refractivity (Wildman–Crippen MR) is 129 cm³/mol. The molecule has 36 heavy (non-hydrogen) atoms. The second kappa shape index (κ2) is 8.76. The van der Waals surface area contributed by atoms with E-state index < -0.39 is 11.4 Å². The molecule has 184 valence electrons. The lowest BCUT2D eigenvalue weighted by Gasteiger charge is -2.40. The minimum Gasteiger partial charge on any atom is -0.488 e. The molecule has 2 aliphatic heterocycles. The van der Waals surface area contributed by atoms with Gasteiger partial charge in [-0.25, -0.2) is 8.91 Å². The Labute approximate surface area is 211 Å². The first-order chi connectivity index (χ1) is 17.5. The molecule has 1 saturated heterocycles. The van der Waals surface area contributed by atoms with Crippen LogP contribution < -0.4 is 4.74 Å². The summed E-state index contributed by atoms with van der Waals surface area (Å²) in [6, 6.07) is 4.93. The van der Waals surface area contributed by atoms with E-state index in [1.54, 1.807) is 21.7 Å². The Balaban J connectivity index is 1.35. The van der Waals surface area contributed by atoms with Crippen molar-refractivity contribution in [3.63, 3.8) is 0 Å². The molecule has 1 atom stereocenters. The average molecular weight is 508 g/mol. The SMILES string of the molecule is Cc1c(-c2cc(OCC3(c4ccc(F)cn4)CCO3)c3c(Cl)cnn3c2)nn2c1CCN(C#N)CC2. The van der Waals surface area contributed by atoms with Crippen LogP contribution in [0.5, 0.6) is 5.75 Å². The van der Waals surface area contributed by atoms with Crippen LogP contribution in [-0.2, 0) is 23.3 Å². The van der Waals surface area contributed by atoms with Gasteiger partial charge in [0.2, 0.25) is 0 Å². The van der Waals surface area contributed by atoms with Crippen LogP contribution in [0.2, 0.25) is 5.02 Å². The molecule has 1 fully saturated rings. The Bertz CT molecular complexity index is 1490. The van der Waals surface area contributed by atoms with E-state index in [4.69, 9.17) is 26.2 Å². The van der Waals surface area contributed by atoms with Crippen molar-refractivity contribution in [1.29, 1.82) is 5.26 Å². The molecule has 0 bridgehead atoms. The number of pyridine rings is 2. The highest BCUT2D eigenvalue weighted by atomic mass is 35.5. The molecule has 0 N–H and O–H groups in total. The molecule has 0 radical (unpaired) electrons. The summed E-state index contributed by atoms with van der Waals surface area (Å²) in [5.41, 5.74) is 4.38. The molecule has 6 rings (SSSR count). The lowest BCUT2D eigenvalue weighted by molar-refractivity contribution is -0.175. The first kappa shape index (κ1) is 22.8. The van der Waals surface area contributed by atoms with Crippen molar-refractivity contribution in [1.82, 2.24) is 29.3 Å². The van der Waals surface area contributed by atoms with Gasteiger partial charge in [-0.3, -0.25) is 9.67 Å². The maximum absolute atomic E-state index is 13.4. The van der Waals surface area contributed by atoms with Crippen LogP contribution in [0.1, 0.15) is 23.4 Å². The van der Waals surface area contributed by atoms with Crippen LogP contribution in [0, 0.1) is 24.2 Å². The van der Waals surface area contributed by atoms with Gasteiger partial charge in [-0.2, -0.15) is 15.5 Å². The van der Waals surface area contributed by atoms with Gasteiger partial charge < -0.3 is 14.4 Å². The number of ether oxygens (including phenoxy) is 2. The van der Waals surface area contributed by atoms with Crippen LogP contribution >= 0.6 is 11.6 Å². The third-order valence-corrected chi connectivity index (χ3v) is 7.28. The van der Waals surface area contributed by atoms with Gasteiger partial charge in [-0.15, -0.1) is 0 Å². The maximum Gasteiger partial charge on any atom is 0.179 e. The Morgan fingerprint density at radius 2 is 2.14 bits per heavy atom. The van der Waals surface area contributed by atoms with Crippen LogP contribution in [0.4, 0.5) is 4.39 Å². The van der Waals surface area contributed by atoms with E-state index in [9.17, 15) is 9.65 Å². The Morgan fingerprint density at radius 1 is 1.28 bits per heavy atom. The standard InChI is InChI=1S/C25H23ClFN7O2/c1-16-20-4-6-32(15-28)7-8-33(20)31-23(16)17-10-21(24-19(26)12-30-34(24)13-17)35-14-25(5-9-36-25)22-3-2-18(27)11-29-22/h2-3,10-13H,4-9,14H2,1H3. The smallest absolute Gasteiger partial charge is 0.179 e. The molecule has 0 aliphatic carbocycles. The van der Waals surface area contributed by atoms with Crippen molar-refractivity contribution < 1.29 is 13.9 Å². The number of aromatic nitrogens is 5. The van der Waals surface area contributed by atoms with Crippen LogP contribution in [0.3, 0.4) is 0 Å². The molecule has 0 amide bonds. The summed E-state index contributed by atoms with van der Waals surface area (Å²) in [6.45, 7) is 4.76. The molecule has 6 heterocycles. The molecule has 2 aliphatic rings. The second-order valence-electron chi connectivity index (χ2n) is 9.10. The normalized spacial score (nSPS) is 19.4. The number of nitrogens with zero attached hydrogens (tertiary/aromatic N) is 7. The first-order valence-corrected chi connectivity index (χ1v) is 12.1. The molecule has 9 nitrogen and oxygen atoms in total. The van der Waals surface area contributed by atoms with Crippen LogP contribution in [0.15, 0.2) is 36.8 Å². The van der Waals surface area contributed by atoms with Crippen molar-refractivity contribution in [3.8, 4) is 23.2 Å². The zero-order valence-electron chi connectivity index (χ0n) is 19.6. The van der Waals surface area contributed by atoms with Gasteiger partial charge in [0.25, 0.3) is 0 Å². The third-order valence-electron chi connectivity index (χ3n) is 7.01. The number of hydrogen-bond donors (Lipinski definition) is 0. The molecule has 4 aromatic rings. The first-order valence-electron chi connectivity index (χ1n) is 11.7. The number of nitriles is 1. The Kier molecular flexibility index (Phi) is 5.54. The van der Waals surface area contributed by atoms with Gasteiger partial charge in [-0.05, 0) is 30.7 Å². The fraction of sp³-hybridized carbons (Fsp3) is 0.360. The van der Waals surface area contributed by atoms with Crippen molar-refractivity contribution in [2.45, 2.75) is 31.9 Å². The van der Waals surface area contributed by atoms with E-state index in [1.807, 2.05) is 23.9 Å². The third kappa shape index (κ3) is 3.75. The van der Waals surface area contributed by atoms with Gasteiger partial charge in [-0.1, -0.05) is 11.6 Å². The van der Waals surface area contributed by atoms with Crippen LogP contribution in [0.25, 0.3) is 16.8 Å². The minimum atomic E-state index is -0.749. The summed E-state index contributed by atoms with van der Waals surface area (Å²) in [5, 5.41) is 19.0. The van der Waals surface area contributed by atoms with Crippen molar-refractivity contribution in [2.24, 2.45) is 0 Å². The van der Waals surface area contributed by atoms with E-state index in [2.05, 4.69) is 16.3 Å². The highest BCUT2D eigenvalue weighted by Crippen LogP contribution is 2.39. The highest BCUT2D eigenvalue weighted by Gasteiger charge is 2.43. The number of hydrogen-bond acceptors (Lipinski definition) is 7. The summed E-state index contributed by atoms with van der Waals surface area (Å²) in [4.78, 5) is 5.98. The zero-order chi connectivity index (χ0) is 24.9. The number of halogens is 2. The molecule has 1 unspecified atom stereocenters. The van der Waals surface area contributed by atoms with Gasteiger partial charge in [0.15, 0.2) is 6.19 Å². The maximum atomic E-state index is 13.4. The molecule has 0 spiro atoms. The van der Waals surface area contributed by atoms with Crippen molar-refractivity contribution in [3.05, 3.63) is 64.6 Å². The summed E-state index contributed by atoms with van der Waals surface area (Å²) >= 11 is 6.47. The van der Waals surface area contributed by atoms with E-state index in [0.29, 0.717) is 54.6 Å². The van der Waals surface area contributed by atoms with Gasteiger partial charge in [0.05, 0.1) is 42.0 Å². The number of rotatable bonds is 5. The highest BCUT2D eigenvalue weighted by molar-refractivity contribution is 6.34. The molecule has 0 saturated carbocycles. The fourth-order valence-corrected chi connectivity index (χ4v) is 5.12. The summed E-state index contributed by atoms with van der Waals surface area (Å²) in [5.74, 6) is 0.147. The summed E-state index contributed by atoms with van der Waals surface area (Å²) in [7, 11) is 0. The molecule has 11 heteroatoms. The zero-order valence-corrected chi connectivity index (χ0v) is 20.4. The van der Waals surface area contributed by atoms with Crippen LogP contribution in [-0.4, -0.2) is 55.6 Å². The van der Waals surface area contributed by atoms with Gasteiger partial charge in [0, 0.05) is 43.4 Å². The average Bonchev–Trinajstić information content (AvgIpc) is 3.30. The van der Waals surface area contributed by atoms with Crippen molar-refractivity contribution >= 4 is 17.1 Å². The summed E-state index contributed by atoms with van der Waals surface area (Å²) < 4.78 is 29.3. The molecule has 4 aromatic heterocycles. The fourth-order valence-electron chi connectivity index (χ4n) is 4.90. The van der Waals surface area contributed by atoms with E-state index in [1.165, 1.54) is 12.3 Å². The largest absolute Gasteiger partial charge is 0.488 e. The Morgan fingerprint density at radius 3 is 2.86 bits per heavy atom. The quantitative estimate of drug-likeness (QED) is 0.380. The lowest BCUT2D eigenvalue weighted by Crippen LogP contribution is -2.46.